The van der Waals surface area contributed by atoms with Gasteiger partial charge in [-0.1, -0.05) is 0 Å². The standard InChI is InChI=1S/C16H18N2O3/c17-13-4-5-14-11(9-13)8-12(16(20)21-14)10-15(19)18-6-2-1-3-7-18/h4-5,8-9H,1-3,6-7,10,17H2. The summed E-state index contributed by atoms with van der Waals surface area (Å²) in [6, 6.07) is 6.80. The minimum Gasteiger partial charge on any atom is -0.423 e. The number of nitrogens with two attached hydrogens (primary N) is 1. The summed E-state index contributed by atoms with van der Waals surface area (Å²) in [6.07, 6.45) is 3.33. The van der Waals surface area contributed by atoms with Crippen molar-refractivity contribution >= 4 is 22.6 Å². The number of carbonyl (C=O) groups is 1. The van der Waals surface area contributed by atoms with E-state index in [0.29, 0.717) is 16.8 Å². The average Bonchev–Trinajstić information content (AvgIpc) is 2.49. The van der Waals surface area contributed by atoms with E-state index in [-0.39, 0.29) is 12.3 Å². The van der Waals surface area contributed by atoms with Crippen molar-refractivity contribution in [1.29, 1.82) is 0 Å². The molecule has 0 unspecified atom stereocenters. The molecule has 0 bridgehead atoms. The molecule has 0 aliphatic carbocycles. The van der Waals surface area contributed by atoms with Gasteiger partial charge in [0.1, 0.15) is 5.58 Å². The van der Waals surface area contributed by atoms with Crippen molar-refractivity contribution in [2.45, 2.75) is 25.7 Å². The Morgan fingerprint density at radius 3 is 2.71 bits per heavy atom. The summed E-state index contributed by atoms with van der Waals surface area (Å²) in [5, 5.41) is 0.746. The fourth-order valence-electron chi connectivity index (χ4n) is 2.73. The van der Waals surface area contributed by atoms with E-state index < -0.39 is 5.63 Å². The van der Waals surface area contributed by atoms with E-state index in [1.54, 1.807) is 24.3 Å². The van der Waals surface area contributed by atoms with Gasteiger partial charge in [0.25, 0.3) is 0 Å². The quantitative estimate of drug-likeness (QED) is 0.676. The third-order valence-corrected chi connectivity index (χ3v) is 3.88. The molecule has 0 radical (unpaired) electrons. The van der Waals surface area contributed by atoms with Crippen LogP contribution in [0.25, 0.3) is 11.0 Å². The van der Waals surface area contributed by atoms with Crippen LogP contribution < -0.4 is 11.4 Å². The van der Waals surface area contributed by atoms with E-state index in [4.69, 9.17) is 10.2 Å². The maximum atomic E-state index is 12.2. The first kappa shape index (κ1) is 13.7. The molecule has 1 saturated heterocycles. The highest BCUT2D eigenvalue weighted by molar-refractivity contribution is 5.83. The summed E-state index contributed by atoms with van der Waals surface area (Å²) in [6.45, 7) is 1.56. The number of anilines is 1. The first-order chi connectivity index (χ1) is 10.1. The van der Waals surface area contributed by atoms with Crippen molar-refractivity contribution in [3.8, 4) is 0 Å². The van der Waals surface area contributed by atoms with Crippen molar-refractivity contribution in [3.63, 3.8) is 0 Å². The first-order valence-corrected chi connectivity index (χ1v) is 7.23. The number of hydrogen-bond acceptors (Lipinski definition) is 4. The lowest BCUT2D eigenvalue weighted by Gasteiger charge is -2.26. The fraction of sp³-hybridized carbons (Fsp3) is 0.375. The molecular formula is C16H18N2O3. The lowest BCUT2D eigenvalue weighted by Crippen LogP contribution is -2.37. The topological polar surface area (TPSA) is 76.5 Å². The minimum atomic E-state index is -0.447. The molecule has 0 atom stereocenters. The zero-order valence-electron chi connectivity index (χ0n) is 11.8. The summed E-state index contributed by atoms with van der Waals surface area (Å²) < 4.78 is 5.25. The van der Waals surface area contributed by atoms with E-state index in [1.807, 2.05) is 4.90 Å². The summed E-state index contributed by atoms with van der Waals surface area (Å²) in [7, 11) is 0. The minimum absolute atomic E-state index is 0.00902. The molecule has 1 aliphatic heterocycles. The van der Waals surface area contributed by atoms with Crippen LogP contribution in [0.2, 0.25) is 0 Å². The lowest BCUT2D eigenvalue weighted by atomic mass is 10.1. The zero-order chi connectivity index (χ0) is 14.8. The largest absolute Gasteiger partial charge is 0.423 e. The van der Waals surface area contributed by atoms with Crippen LogP contribution in [0.1, 0.15) is 24.8 Å². The van der Waals surface area contributed by atoms with Gasteiger partial charge in [0.2, 0.25) is 5.91 Å². The van der Waals surface area contributed by atoms with Crippen LogP contribution in [0.15, 0.2) is 33.5 Å². The van der Waals surface area contributed by atoms with Crippen LogP contribution >= 0.6 is 0 Å². The van der Waals surface area contributed by atoms with Crippen LogP contribution in [0.3, 0.4) is 0 Å². The Balaban J connectivity index is 1.87. The Bertz CT molecular complexity index is 730. The van der Waals surface area contributed by atoms with Crippen LogP contribution in [-0.2, 0) is 11.2 Å². The second-order valence-corrected chi connectivity index (χ2v) is 5.47. The van der Waals surface area contributed by atoms with Crippen molar-refractivity contribution < 1.29 is 9.21 Å². The number of rotatable bonds is 2. The summed E-state index contributed by atoms with van der Waals surface area (Å²) in [5.41, 5.74) is 6.77. The predicted molar refractivity (Wildman–Crippen MR) is 81.0 cm³/mol. The van der Waals surface area contributed by atoms with Crippen molar-refractivity contribution in [1.82, 2.24) is 4.90 Å². The first-order valence-electron chi connectivity index (χ1n) is 7.23. The fourth-order valence-corrected chi connectivity index (χ4v) is 2.73. The average molecular weight is 286 g/mol. The Kier molecular flexibility index (Phi) is 3.64. The molecule has 5 nitrogen and oxygen atoms in total. The summed E-state index contributed by atoms with van der Waals surface area (Å²) in [5.74, 6) is -0.00902. The third kappa shape index (κ3) is 2.91. The predicted octanol–water partition coefficient (Wildman–Crippen LogP) is 1.93. The van der Waals surface area contributed by atoms with Crippen molar-refractivity contribution in [2.24, 2.45) is 0 Å². The maximum Gasteiger partial charge on any atom is 0.339 e. The van der Waals surface area contributed by atoms with Gasteiger partial charge in [-0.25, -0.2) is 4.79 Å². The molecule has 1 aliphatic rings. The summed E-state index contributed by atoms with van der Waals surface area (Å²) in [4.78, 5) is 26.0. The second kappa shape index (κ2) is 5.60. The lowest BCUT2D eigenvalue weighted by molar-refractivity contribution is -0.131. The second-order valence-electron chi connectivity index (χ2n) is 5.47. The van der Waals surface area contributed by atoms with Gasteiger partial charge in [0.15, 0.2) is 0 Å². The normalized spacial score (nSPS) is 15.3. The molecule has 1 aromatic carbocycles. The number of likely N-dealkylation sites (tertiary alicyclic amines) is 1. The molecule has 1 aromatic heterocycles. The van der Waals surface area contributed by atoms with Crippen LogP contribution in [0.4, 0.5) is 5.69 Å². The number of nitrogens with zero attached hydrogens (tertiary/aromatic N) is 1. The highest BCUT2D eigenvalue weighted by Gasteiger charge is 2.18. The van der Waals surface area contributed by atoms with Gasteiger partial charge in [0, 0.05) is 29.7 Å². The smallest absolute Gasteiger partial charge is 0.339 e. The van der Waals surface area contributed by atoms with E-state index >= 15 is 0 Å². The molecule has 0 saturated carbocycles. The molecule has 3 rings (SSSR count). The van der Waals surface area contributed by atoms with Gasteiger partial charge in [-0.05, 0) is 43.5 Å². The van der Waals surface area contributed by atoms with Gasteiger partial charge in [-0.2, -0.15) is 0 Å². The Labute approximate surface area is 122 Å². The van der Waals surface area contributed by atoms with E-state index in [9.17, 15) is 9.59 Å². The highest BCUT2D eigenvalue weighted by atomic mass is 16.4. The van der Waals surface area contributed by atoms with Crippen LogP contribution in [-0.4, -0.2) is 23.9 Å². The number of benzene rings is 1. The molecule has 0 spiro atoms. The number of amides is 1. The van der Waals surface area contributed by atoms with Gasteiger partial charge < -0.3 is 15.1 Å². The Hall–Kier alpha value is -2.30. The van der Waals surface area contributed by atoms with Gasteiger partial charge in [-0.15, -0.1) is 0 Å². The number of piperidine rings is 1. The molecule has 2 heterocycles. The SMILES string of the molecule is Nc1ccc2oc(=O)c(CC(=O)N3CCCCC3)cc2c1. The third-order valence-electron chi connectivity index (χ3n) is 3.88. The molecule has 1 amide bonds. The number of hydrogen-bond donors (Lipinski definition) is 1. The van der Waals surface area contributed by atoms with E-state index in [2.05, 4.69) is 0 Å². The molecule has 110 valence electrons. The monoisotopic (exact) mass is 286 g/mol. The van der Waals surface area contributed by atoms with Gasteiger partial charge in [0.05, 0.1) is 6.42 Å². The number of fused-ring (bicyclic) bond motifs is 1. The molecule has 5 heteroatoms. The maximum absolute atomic E-state index is 12.2. The Morgan fingerprint density at radius 1 is 1.19 bits per heavy atom. The molecule has 2 N–H and O–H groups in total. The van der Waals surface area contributed by atoms with Crippen LogP contribution in [0.5, 0.6) is 0 Å². The number of nitrogen functional groups attached to an aromatic ring is 1. The van der Waals surface area contributed by atoms with Crippen LogP contribution in [0, 0.1) is 0 Å². The molecular weight excluding hydrogens is 268 g/mol. The van der Waals surface area contributed by atoms with Crippen molar-refractivity contribution in [2.75, 3.05) is 18.8 Å². The molecule has 21 heavy (non-hydrogen) atoms. The van der Waals surface area contributed by atoms with Crippen molar-refractivity contribution in [3.05, 3.63) is 40.2 Å². The highest BCUT2D eigenvalue weighted by Crippen LogP contribution is 2.18. The zero-order valence-corrected chi connectivity index (χ0v) is 11.8. The Morgan fingerprint density at radius 2 is 1.95 bits per heavy atom. The summed E-state index contributed by atoms with van der Waals surface area (Å²) >= 11 is 0. The van der Waals surface area contributed by atoms with Gasteiger partial charge >= 0.3 is 5.63 Å². The molecule has 1 fully saturated rings. The van der Waals surface area contributed by atoms with E-state index in [0.717, 1.165) is 31.3 Å². The van der Waals surface area contributed by atoms with Gasteiger partial charge in [-0.3, -0.25) is 4.79 Å². The molecule has 2 aromatic rings. The van der Waals surface area contributed by atoms with E-state index in [1.165, 1.54) is 6.42 Å². The number of carbonyl (C=O) groups excluding carboxylic acids is 1.